The van der Waals surface area contributed by atoms with Crippen LogP contribution in [0, 0.1) is 0 Å². The van der Waals surface area contributed by atoms with Gasteiger partial charge in [-0.1, -0.05) is 164 Å². The average molecular weight is 1700 g/mol. The lowest BCUT2D eigenvalue weighted by molar-refractivity contribution is 1.08. The lowest BCUT2D eigenvalue weighted by atomic mass is 9.94. The highest BCUT2D eigenvalue weighted by atomic mass is 15.0. The van der Waals surface area contributed by atoms with E-state index in [2.05, 4.69) is 382 Å². The van der Waals surface area contributed by atoms with Crippen LogP contribution < -0.4 is 0 Å². The maximum atomic E-state index is 4.45. The van der Waals surface area contributed by atoms with E-state index in [9.17, 15) is 0 Å². The Morgan fingerprint density at radius 1 is 0.129 bits per heavy atom. The quantitative estimate of drug-likeness (QED) is 0.0819. The van der Waals surface area contributed by atoms with Gasteiger partial charge >= 0.3 is 0 Å². The third-order valence-corrected chi connectivity index (χ3v) is 26.4. The zero-order valence-electron chi connectivity index (χ0n) is 71.8. The fourth-order valence-corrected chi connectivity index (χ4v) is 20.5. The van der Waals surface area contributed by atoms with Crippen LogP contribution in [0.1, 0.15) is 66.8 Å². The molecule has 0 saturated heterocycles. The molecule has 0 N–H and O–H groups in total. The van der Waals surface area contributed by atoms with Crippen LogP contribution in [-0.2, 0) is 38.5 Å². The van der Waals surface area contributed by atoms with Crippen LogP contribution in [0.2, 0.25) is 0 Å². The normalized spacial score (nSPS) is 11.8. The first-order valence-electron chi connectivity index (χ1n) is 44.7. The molecule has 15 aromatic heterocycles. The van der Waals surface area contributed by atoms with E-state index in [0.717, 1.165) is 155 Å². The molecule has 26 aromatic rings. The number of aromatic nitrogens is 15. The van der Waals surface area contributed by atoms with E-state index in [4.69, 9.17) is 0 Å². The van der Waals surface area contributed by atoms with Gasteiger partial charge in [0.15, 0.2) is 0 Å². The summed E-state index contributed by atoms with van der Waals surface area (Å²) in [5, 5.41) is 13.7. The highest BCUT2D eigenvalue weighted by molar-refractivity contribution is 6.13. The van der Waals surface area contributed by atoms with Crippen molar-refractivity contribution < 1.29 is 0 Å². The Morgan fingerprint density at radius 2 is 0.265 bits per heavy atom. The van der Waals surface area contributed by atoms with Gasteiger partial charge in [0.1, 0.15) is 0 Å². The zero-order valence-corrected chi connectivity index (χ0v) is 71.8. The average Bonchev–Trinajstić information content (AvgIpc) is 1.67. The Hall–Kier alpha value is -17.4. The number of hydrogen-bond acceptors (Lipinski definition) is 9. The van der Waals surface area contributed by atoms with Gasteiger partial charge < -0.3 is 27.4 Å². The second-order valence-electron chi connectivity index (χ2n) is 34.5. The number of fused-ring (bicyclic) bond motifs is 18. The van der Waals surface area contributed by atoms with Crippen molar-refractivity contribution >= 4 is 131 Å². The van der Waals surface area contributed by atoms with Gasteiger partial charge in [-0.3, -0.25) is 44.9 Å². The largest absolute Gasteiger partial charge is 0.309 e. The molecule has 0 bridgehead atoms. The fraction of sp³-hybridized carbons (Fsp3) is 0.0513. The van der Waals surface area contributed by atoms with Crippen molar-refractivity contribution in [1.82, 2.24) is 72.3 Å². The van der Waals surface area contributed by atoms with Gasteiger partial charge in [-0.05, 0) is 251 Å². The Labute approximate surface area is 758 Å². The molecule has 15 heteroatoms. The topological polar surface area (TPSA) is 146 Å². The zero-order chi connectivity index (χ0) is 87.1. The van der Waals surface area contributed by atoms with Gasteiger partial charge in [0.25, 0.3) is 0 Å². The number of nitrogens with zero attached hydrogens (tertiary/aromatic N) is 15. The minimum atomic E-state index is 0.814. The van der Waals surface area contributed by atoms with Gasteiger partial charge in [0, 0.05) is 210 Å². The van der Waals surface area contributed by atoms with E-state index in [1.54, 1.807) is 0 Å². The lowest BCUT2D eigenvalue weighted by Crippen LogP contribution is -1.99. The molecule has 26 rings (SSSR count). The molecule has 11 aromatic carbocycles. The number of rotatable bonds is 18. The summed E-state index contributed by atoms with van der Waals surface area (Å²) in [5.41, 5.74) is 35.9. The summed E-state index contributed by atoms with van der Waals surface area (Å²) in [6, 6.07) is 113. The number of para-hydroxylation sites is 3. The third-order valence-electron chi connectivity index (χ3n) is 26.4. The summed E-state index contributed by atoms with van der Waals surface area (Å²) in [5.74, 6) is 0. The van der Waals surface area contributed by atoms with E-state index in [0.29, 0.717) is 0 Å². The first-order chi connectivity index (χ1) is 65.4. The predicted molar refractivity (Wildman–Crippen MR) is 535 cm³/mol. The number of benzene rings is 11. The van der Waals surface area contributed by atoms with Crippen LogP contribution in [0.5, 0.6) is 0 Å². The molecule has 0 spiro atoms. The van der Waals surface area contributed by atoms with Crippen LogP contribution in [-0.4, -0.2) is 72.3 Å². The van der Waals surface area contributed by atoms with Crippen molar-refractivity contribution in [3.8, 4) is 34.1 Å². The van der Waals surface area contributed by atoms with Crippen molar-refractivity contribution in [2.24, 2.45) is 0 Å². The molecule has 15 nitrogen and oxygen atoms in total. The van der Waals surface area contributed by atoms with Crippen LogP contribution in [0.25, 0.3) is 165 Å². The van der Waals surface area contributed by atoms with Gasteiger partial charge in [-0.25, -0.2) is 0 Å². The van der Waals surface area contributed by atoms with Crippen molar-refractivity contribution in [3.05, 3.63) is 488 Å². The smallest absolute Gasteiger partial charge is 0.0572 e. The van der Waals surface area contributed by atoms with Crippen LogP contribution in [0.4, 0.5) is 0 Å². The molecule has 0 fully saturated rings. The molecule has 0 radical (unpaired) electrons. The summed E-state index contributed by atoms with van der Waals surface area (Å²) >= 11 is 0. The van der Waals surface area contributed by atoms with Crippen molar-refractivity contribution in [1.29, 1.82) is 0 Å². The molecule has 15 heterocycles. The Kier molecular flexibility index (Phi) is 18.9. The monoisotopic (exact) mass is 1700 g/mol. The van der Waals surface area contributed by atoms with Gasteiger partial charge in [-0.2, -0.15) is 0 Å². The molecular formula is C117H81N15. The summed E-state index contributed by atoms with van der Waals surface area (Å²) < 4.78 is 14.0. The van der Waals surface area contributed by atoms with E-state index in [1.165, 1.54) is 116 Å². The molecule has 0 unspecified atom stereocenters. The molecule has 0 aliphatic carbocycles. The minimum absolute atomic E-state index is 0.814. The first-order valence-corrected chi connectivity index (χ1v) is 44.7. The van der Waals surface area contributed by atoms with Crippen molar-refractivity contribution in [3.63, 3.8) is 0 Å². The standard InChI is InChI=1S/C60H42N6.C57H39N9/c1-4-10-55-49(7-1)52-37-61-28-25-58(52)64(55)46-19-13-40(14-20-46)31-43-34-44(32-41-15-21-47(22-16-41)65-56-11-5-2-8-50(56)53-38-62-29-26-59(53)65)36-45(35-43)33-42-17-23-48(24-18-42)66-57-12-6-3-9-51(57)54-39-63-30-27-60(54)66;1-7-43(64-52-13-19-58-31-46(52)47-32-59-20-14-53(47)64)8-2-37(1)25-40-28-41(26-38-3-9-44(10-4-38)65-54-15-21-60-33-48(54)49-34-61-22-16-55(49)65)30-42(29-40)27-39-5-11-45(12-6-39)66-56-17-23-62-35-50(56)51-36-63-24-18-57(51)66/h1-30,34-39H,31-33H2;1-24,28-36H,25-27H2. The Bertz CT molecular complexity index is 7260. The maximum Gasteiger partial charge on any atom is 0.0572 e. The maximum absolute atomic E-state index is 4.45. The van der Waals surface area contributed by atoms with Crippen LogP contribution >= 0.6 is 0 Å². The second-order valence-corrected chi connectivity index (χ2v) is 34.5. The molecule has 624 valence electrons. The Morgan fingerprint density at radius 3 is 0.424 bits per heavy atom. The summed E-state index contributed by atoms with van der Waals surface area (Å²) in [7, 11) is 0. The van der Waals surface area contributed by atoms with Gasteiger partial charge in [0.05, 0.1) is 66.2 Å². The minimum Gasteiger partial charge on any atom is -0.309 e. The molecule has 0 amide bonds. The van der Waals surface area contributed by atoms with Crippen molar-refractivity contribution in [2.45, 2.75) is 38.5 Å². The SMILES string of the molecule is c1cc2c(cn1)c1cnccc1n2-c1ccc(Cc2cc(Cc3ccc(-n4c5ccncc5c5cnccc54)cc3)cc(Cc3ccc(-n4c5ccncc5c5cnccc54)cc3)c2)cc1.c1ccc2c(c1)c1cnccc1n2-c1ccc(Cc2cc(Cc3ccc(-n4c5ccccc5c5cnccc54)cc3)cc(Cc3ccc(-n4c5ccccc5c5cnccc54)cc3)c2)cc1. The van der Waals surface area contributed by atoms with E-state index < -0.39 is 0 Å². The van der Waals surface area contributed by atoms with E-state index >= 15 is 0 Å². The van der Waals surface area contributed by atoms with Gasteiger partial charge in [0.2, 0.25) is 0 Å². The summed E-state index contributed by atoms with van der Waals surface area (Å²) in [6.45, 7) is 0. The molecule has 132 heavy (non-hydrogen) atoms. The number of hydrogen-bond donors (Lipinski definition) is 0. The second kappa shape index (κ2) is 32.5. The van der Waals surface area contributed by atoms with Crippen LogP contribution in [0.3, 0.4) is 0 Å². The lowest BCUT2D eigenvalue weighted by Gasteiger charge is -2.13. The van der Waals surface area contributed by atoms with E-state index in [1.807, 2.05) is 112 Å². The van der Waals surface area contributed by atoms with Crippen LogP contribution in [0.15, 0.2) is 421 Å². The third kappa shape index (κ3) is 13.8. The fourth-order valence-electron chi connectivity index (χ4n) is 20.5. The highest BCUT2D eigenvalue weighted by Gasteiger charge is 2.22. The number of pyridine rings is 9. The van der Waals surface area contributed by atoms with E-state index in [-0.39, 0.29) is 0 Å². The summed E-state index contributed by atoms with van der Waals surface area (Å²) in [6.07, 6.45) is 39.2. The van der Waals surface area contributed by atoms with Gasteiger partial charge in [-0.15, -0.1) is 0 Å². The Balaban J connectivity index is 0.000000142. The molecular weight excluding hydrogens is 1620 g/mol. The molecule has 0 aliphatic rings. The molecule has 0 saturated carbocycles. The summed E-state index contributed by atoms with van der Waals surface area (Å²) in [4.78, 5) is 39.8. The predicted octanol–water partition coefficient (Wildman–Crippen LogP) is 26.1. The molecule has 0 aliphatic heterocycles. The molecule has 0 atom stereocenters. The first kappa shape index (κ1) is 77.0. The van der Waals surface area contributed by atoms with Crippen molar-refractivity contribution in [2.75, 3.05) is 0 Å². The highest BCUT2D eigenvalue weighted by Crippen LogP contribution is 2.40.